The number of hydrogen-bond acceptors (Lipinski definition) is 2. The van der Waals surface area contributed by atoms with Gasteiger partial charge in [-0.3, -0.25) is 4.79 Å². The van der Waals surface area contributed by atoms with Crippen LogP contribution in [0.15, 0.2) is 12.1 Å². The fourth-order valence-electron chi connectivity index (χ4n) is 2.85. The van der Waals surface area contributed by atoms with E-state index in [0.29, 0.717) is 11.6 Å². The van der Waals surface area contributed by atoms with Crippen LogP contribution in [0.4, 0.5) is 17.6 Å². The summed E-state index contributed by atoms with van der Waals surface area (Å²) in [6.45, 7) is 2.93. The molecule has 24 heavy (non-hydrogen) atoms. The Morgan fingerprint density at radius 2 is 1.71 bits per heavy atom. The maximum atomic E-state index is 13.5. The summed E-state index contributed by atoms with van der Waals surface area (Å²) in [7, 11) is 0. The van der Waals surface area contributed by atoms with E-state index >= 15 is 0 Å². The number of hydrogen-bond donors (Lipinski definition) is 0. The SMILES string of the molecule is Cc1cc(C(=O)COc2c(F)c(F)cc(F)c2F)c(C)n1C1CC1. The van der Waals surface area contributed by atoms with E-state index in [9.17, 15) is 22.4 Å². The third-order valence-corrected chi connectivity index (χ3v) is 4.12. The van der Waals surface area contributed by atoms with E-state index in [1.165, 1.54) is 0 Å². The number of halogens is 4. The molecular formula is C17H15F4NO2. The standard InChI is InChI=1S/C17H15F4NO2/c1-8-5-11(9(2)22(8)10-3-4-10)14(23)7-24-17-15(20)12(18)6-13(19)16(17)21/h5-6,10H,3-4,7H2,1-2H3. The molecular weight excluding hydrogens is 326 g/mol. The van der Waals surface area contributed by atoms with Crippen LogP contribution >= 0.6 is 0 Å². The van der Waals surface area contributed by atoms with Crippen molar-refractivity contribution in [3.63, 3.8) is 0 Å². The van der Waals surface area contributed by atoms with E-state index in [1.54, 1.807) is 13.0 Å². The number of rotatable bonds is 5. The summed E-state index contributed by atoms with van der Waals surface area (Å²) >= 11 is 0. The first kappa shape index (κ1) is 16.5. The summed E-state index contributed by atoms with van der Waals surface area (Å²) in [6, 6.07) is 2.14. The van der Waals surface area contributed by atoms with Crippen LogP contribution in [0.5, 0.6) is 5.75 Å². The lowest BCUT2D eigenvalue weighted by molar-refractivity contribution is 0.0913. The largest absolute Gasteiger partial charge is 0.479 e. The monoisotopic (exact) mass is 341 g/mol. The number of Topliss-reactive ketones (excluding diaryl/α,β-unsaturated/α-hetero) is 1. The molecule has 3 rings (SSSR count). The molecule has 0 radical (unpaired) electrons. The van der Waals surface area contributed by atoms with Gasteiger partial charge in [-0.05, 0) is 32.8 Å². The molecule has 0 spiro atoms. The Morgan fingerprint density at radius 1 is 1.12 bits per heavy atom. The quantitative estimate of drug-likeness (QED) is 0.462. The van der Waals surface area contributed by atoms with Gasteiger partial charge in [-0.25, -0.2) is 8.78 Å². The first-order valence-corrected chi connectivity index (χ1v) is 7.48. The number of aromatic nitrogens is 1. The number of carbonyl (C=O) groups excluding carboxylic acids is 1. The van der Waals surface area contributed by atoms with Gasteiger partial charge in [0, 0.05) is 29.1 Å². The molecule has 7 heteroatoms. The molecule has 0 aliphatic heterocycles. The van der Waals surface area contributed by atoms with Crippen LogP contribution < -0.4 is 4.74 Å². The van der Waals surface area contributed by atoms with Crippen molar-refractivity contribution in [1.82, 2.24) is 4.57 Å². The van der Waals surface area contributed by atoms with Crippen LogP contribution in [0.3, 0.4) is 0 Å². The molecule has 1 fully saturated rings. The van der Waals surface area contributed by atoms with Crippen molar-refractivity contribution >= 4 is 5.78 Å². The average Bonchev–Trinajstić information content (AvgIpc) is 3.30. The van der Waals surface area contributed by atoms with Crippen LogP contribution in [0, 0.1) is 37.1 Å². The number of ketones is 1. The van der Waals surface area contributed by atoms with E-state index in [2.05, 4.69) is 0 Å². The predicted octanol–water partition coefficient (Wildman–Crippen LogP) is 4.26. The lowest BCUT2D eigenvalue weighted by atomic mass is 10.1. The van der Waals surface area contributed by atoms with Crippen molar-refractivity contribution in [1.29, 1.82) is 0 Å². The molecule has 2 aromatic rings. The zero-order valence-electron chi connectivity index (χ0n) is 13.1. The minimum atomic E-state index is -1.66. The zero-order valence-corrected chi connectivity index (χ0v) is 13.1. The maximum absolute atomic E-state index is 13.5. The lowest BCUT2D eigenvalue weighted by Crippen LogP contribution is -2.15. The topological polar surface area (TPSA) is 31.2 Å². The molecule has 0 unspecified atom stereocenters. The Balaban J connectivity index is 1.81. The van der Waals surface area contributed by atoms with Crippen molar-refractivity contribution in [2.24, 2.45) is 0 Å². The van der Waals surface area contributed by atoms with Crippen LogP contribution in [0.2, 0.25) is 0 Å². The van der Waals surface area contributed by atoms with Crippen molar-refractivity contribution < 1.29 is 27.1 Å². The Labute approximate surface area is 135 Å². The molecule has 1 aromatic heterocycles. The molecule has 1 heterocycles. The molecule has 1 aliphatic rings. The molecule has 1 saturated carbocycles. The lowest BCUT2D eigenvalue weighted by Gasteiger charge is -2.10. The van der Waals surface area contributed by atoms with Crippen molar-refractivity contribution in [2.75, 3.05) is 6.61 Å². The van der Waals surface area contributed by atoms with Gasteiger partial charge in [0.1, 0.15) is 0 Å². The molecule has 1 aliphatic carbocycles. The molecule has 0 atom stereocenters. The molecule has 3 nitrogen and oxygen atoms in total. The maximum Gasteiger partial charge on any atom is 0.203 e. The Morgan fingerprint density at radius 3 is 2.25 bits per heavy atom. The molecule has 1 aromatic carbocycles. The number of carbonyl (C=O) groups is 1. The smallest absolute Gasteiger partial charge is 0.203 e. The van der Waals surface area contributed by atoms with Crippen LogP contribution in [-0.4, -0.2) is 17.0 Å². The third-order valence-electron chi connectivity index (χ3n) is 4.12. The fourth-order valence-corrected chi connectivity index (χ4v) is 2.85. The minimum absolute atomic E-state index is 0.0859. The van der Waals surface area contributed by atoms with Crippen LogP contribution in [-0.2, 0) is 0 Å². The van der Waals surface area contributed by atoms with Gasteiger partial charge in [-0.2, -0.15) is 8.78 Å². The fraction of sp³-hybridized carbons (Fsp3) is 0.353. The van der Waals surface area contributed by atoms with Crippen molar-refractivity contribution in [3.8, 4) is 5.75 Å². The van der Waals surface area contributed by atoms with Gasteiger partial charge in [0.05, 0.1) is 0 Å². The highest BCUT2D eigenvalue weighted by atomic mass is 19.2. The Bertz CT molecular complexity index is 798. The predicted molar refractivity (Wildman–Crippen MR) is 78.3 cm³/mol. The highest BCUT2D eigenvalue weighted by Crippen LogP contribution is 2.38. The summed E-state index contributed by atoms with van der Waals surface area (Å²) in [5, 5.41) is 0. The second kappa shape index (κ2) is 5.96. The second-order valence-electron chi connectivity index (χ2n) is 5.90. The van der Waals surface area contributed by atoms with Gasteiger partial charge in [0.25, 0.3) is 0 Å². The number of ether oxygens (including phenoxy) is 1. The van der Waals surface area contributed by atoms with E-state index in [4.69, 9.17) is 4.74 Å². The molecule has 0 bridgehead atoms. The Hall–Kier alpha value is -2.31. The average molecular weight is 341 g/mol. The van der Waals surface area contributed by atoms with Crippen molar-refractivity contribution in [2.45, 2.75) is 32.7 Å². The molecule has 0 N–H and O–H groups in total. The molecule has 0 amide bonds. The summed E-state index contributed by atoms with van der Waals surface area (Å²) in [5.74, 6) is -8.22. The Kier molecular flexibility index (Phi) is 4.11. The van der Waals surface area contributed by atoms with Gasteiger partial charge in [0.2, 0.25) is 17.4 Å². The van der Waals surface area contributed by atoms with Crippen LogP contribution in [0.1, 0.15) is 40.6 Å². The highest BCUT2D eigenvalue weighted by molar-refractivity contribution is 5.98. The number of benzene rings is 1. The number of aryl methyl sites for hydroxylation is 1. The number of nitrogens with zero attached hydrogens (tertiary/aromatic N) is 1. The van der Waals surface area contributed by atoms with E-state index < -0.39 is 41.4 Å². The van der Waals surface area contributed by atoms with Gasteiger partial charge in [-0.15, -0.1) is 0 Å². The molecule has 0 saturated heterocycles. The second-order valence-corrected chi connectivity index (χ2v) is 5.90. The zero-order chi connectivity index (χ0) is 17.6. The first-order valence-electron chi connectivity index (χ1n) is 7.48. The van der Waals surface area contributed by atoms with E-state index in [-0.39, 0.29) is 6.07 Å². The normalized spacial score (nSPS) is 14.1. The van der Waals surface area contributed by atoms with Gasteiger partial charge < -0.3 is 9.30 Å². The summed E-state index contributed by atoms with van der Waals surface area (Å²) in [6.07, 6.45) is 2.08. The van der Waals surface area contributed by atoms with Gasteiger partial charge in [-0.1, -0.05) is 0 Å². The van der Waals surface area contributed by atoms with E-state index in [0.717, 1.165) is 24.2 Å². The molecule has 128 valence electrons. The summed E-state index contributed by atoms with van der Waals surface area (Å²) in [5.41, 5.74) is 2.03. The summed E-state index contributed by atoms with van der Waals surface area (Å²) in [4.78, 5) is 12.3. The third kappa shape index (κ3) is 2.79. The van der Waals surface area contributed by atoms with Crippen LogP contribution in [0.25, 0.3) is 0 Å². The van der Waals surface area contributed by atoms with Gasteiger partial charge >= 0.3 is 0 Å². The minimum Gasteiger partial charge on any atom is -0.479 e. The van der Waals surface area contributed by atoms with E-state index in [1.807, 2.05) is 11.5 Å². The summed E-state index contributed by atoms with van der Waals surface area (Å²) < 4.78 is 60.1. The first-order chi connectivity index (χ1) is 11.3. The highest BCUT2D eigenvalue weighted by Gasteiger charge is 2.29. The van der Waals surface area contributed by atoms with Gasteiger partial charge in [0.15, 0.2) is 24.0 Å². The van der Waals surface area contributed by atoms with Crippen molar-refractivity contribution in [3.05, 3.63) is 52.4 Å².